The second-order valence-corrected chi connectivity index (χ2v) is 20.4. The molecule has 78 heavy (non-hydrogen) atoms. The molecule has 362 valence electrons. The van der Waals surface area contributed by atoms with E-state index in [0.29, 0.717) is 17.5 Å². The second-order valence-electron chi connectivity index (χ2n) is 20.4. The van der Waals surface area contributed by atoms with E-state index in [1.54, 1.807) is 0 Å². The van der Waals surface area contributed by atoms with Gasteiger partial charge in [-0.25, -0.2) is 19.9 Å². The number of fused-ring (bicyclic) bond motifs is 17. The van der Waals surface area contributed by atoms with Crippen LogP contribution in [-0.2, 0) is 5.41 Å². The van der Waals surface area contributed by atoms with Gasteiger partial charge in [0.2, 0.25) is 0 Å². The van der Waals surface area contributed by atoms with E-state index in [0.717, 1.165) is 99.8 Å². The van der Waals surface area contributed by atoms with Crippen LogP contribution in [0.15, 0.2) is 258 Å². The Morgan fingerprint density at radius 2 is 0.782 bits per heavy atom. The normalized spacial score (nSPS) is 13.0. The Morgan fingerprint density at radius 1 is 0.308 bits per heavy atom. The van der Waals surface area contributed by atoms with E-state index in [-0.39, 0.29) is 0 Å². The van der Waals surface area contributed by atoms with Crippen molar-refractivity contribution in [2.45, 2.75) is 5.41 Å². The molecule has 17 rings (SSSR count). The lowest BCUT2D eigenvalue weighted by Gasteiger charge is -2.31. The zero-order chi connectivity index (χ0) is 51.1. The van der Waals surface area contributed by atoms with Gasteiger partial charge in [-0.2, -0.15) is 0 Å². The summed E-state index contributed by atoms with van der Waals surface area (Å²) in [5, 5.41) is 3.93. The molecule has 0 fully saturated rings. The summed E-state index contributed by atoms with van der Waals surface area (Å²) in [4.78, 5) is 21.6. The Hall–Kier alpha value is -10.5. The van der Waals surface area contributed by atoms with Crippen LogP contribution in [-0.4, -0.2) is 24.5 Å². The molecule has 7 heteroatoms. The summed E-state index contributed by atoms with van der Waals surface area (Å²) < 4.78 is 15.1. The van der Waals surface area contributed by atoms with Gasteiger partial charge in [0, 0.05) is 49.5 Å². The van der Waals surface area contributed by atoms with Gasteiger partial charge in [-0.1, -0.05) is 182 Å². The first-order valence-corrected chi connectivity index (χ1v) is 26.4. The van der Waals surface area contributed by atoms with Crippen molar-refractivity contribution < 1.29 is 8.83 Å². The van der Waals surface area contributed by atoms with Gasteiger partial charge in [-0.15, -0.1) is 0 Å². The minimum absolute atomic E-state index is 0.554. The SMILES string of the molecule is c1ccc(-n2c(-c3cccc(-c4ccc5c(c4)C4(c6ccccc6-c6ccccc64)c4cc(-c6nc(-c7cccc8oc9ccccc9c78)nc(-c7cccc8oc9ccccc9c78)n6)ccc4-5)c3)nc3ccccc32)cc1. The molecule has 2 aliphatic rings. The first kappa shape index (κ1) is 42.8. The molecule has 4 heterocycles. The number of hydrogen-bond donors (Lipinski definition) is 0. The van der Waals surface area contributed by atoms with Gasteiger partial charge in [0.15, 0.2) is 17.5 Å². The molecular weight excluding hydrogens is 955 g/mol. The third-order valence-corrected chi connectivity index (χ3v) is 16.3. The zero-order valence-electron chi connectivity index (χ0n) is 41.7. The quantitative estimate of drug-likeness (QED) is 0.165. The Kier molecular flexibility index (Phi) is 8.92. The summed E-state index contributed by atoms with van der Waals surface area (Å²) in [5.74, 6) is 2.57. The van der Waals surface area contributed by atoms with E-state index in [4.69, 9.17) is 28.8 Å². The molecule has 2 aliphatic carbocycles. The predicted octanol–water partition coefficient (Wildman–Crippen LogP) is 17.7. The minimum Gasteiger partial charge on any atom is -0.456 e. The van der Waals surface area contributed by atoms with Crippen molar-refractivity contribution >= 4 is 54.9 Å². The van der Waals surface area contributed by atoms with Crippen molar-refractivity contribution in [2.24, 2.45) is 0 Å². The van der Waals surface area contributed by atoms with Crippen LogP contribution in [0.25, 0.3) is 140 Å². The topological polar surface area (TPSA) is 82.8 Å². The zero-order valence-corrected chi connectivity index (χ0v) is 41.7. The average Bonchev–Trinajstić information content (AvgIpc) is 3.41. The Labute approximate surface area is 447 Å². The number of para-hydroxylation sites is 5. The Balaban J connectivity index is 0.883. The van der Waals surface area contributed by atoms with Crippen molar-refractivity contribution in [2.75, 3.05) is 0 Å². The molecule has 0 unspecified atom stereocenters. The molecule has 0 aliphatic heterocycles. The number of hydrogen-bond acceptors (Lipinski definition) is 6. The molecule has 0 N–H and O–H groups in total. The van der Waals surface area contributed by atoms with Crippen LogP contribution in [0.1, 0.15) is 22.3 Å². The molecule has 0 bridgehead atoms. The van der Waals surface area contributed by atoms with Crippen molar-refractivity contribution in [3.63, 3.8) is 0 Å². The second kappa shape index (κ2) is 16.3. The summed E-state index contributed by atoms with van der Waals surface area (Å²) >= 11 is 0. The fourth-order valence-electron chi connectivity index (χ4n) is 13.0. The lowest BCUT2D eigenvalue weighted by molar-refractivity contribution is 0.668. The van der Waals surface area contributed by atoms with Crippen LogP contribution in [0.2, 0.25) is 0 Å². The standard InChI is InChI=1S/C71H41N5O2/c1-2-19-46(20-3-1)76-60-30-11-10-29-59(60)72-70(76)45-18-14-17-42(39-45)43-35-37-49-50-38-36-44(41-58(50)71(57(49)40-43)55-27-8-4-21-47(55)48-22-5-9-28-56(48)71)67-73-68(53-25-15-33-63-65(53)51-23-6-12-31-61(51)77-63)75-69(74-67)54-26-16-34-64-66(54)52-24-7-13-32-62(52)78-64/h1-41H. The van der Waals surface area contributed by atoms with E-state index in [9.17, 15) is 0 Å². The highest BCUT2D eigenvalue weighted by Crippen LogP contribution is 2.63. The van der Waals surface area contributed by atoms with Gasteiger partial charge in [0.25, 0.3) is 0 Å². The van der Waals surface area contributed by atoms with Gasteiger partial charge in [-0.05, 0) is 122 Å². The summed E-state index contributed by atoms with van der Waals surface area (Å²) in [7, 11) is 0. The van der Waals surface area contributed by atoms with Gasteiger partial charge in [-0.3, -0.25) is 4.57 Å². The molecule has 15 aromatic rings. The Morgan fingerprint density at radius 3 is 1.45 bits per heavy atom. The van der Waals surface area contributed by atoms with Crippen molar-refractivity contribution in [3.8, 4) is 84.6 Å². The highest BCUT2D eigenvalue weighted by atomic mass is 16.3. The van der Waals surface area contributed by atoms with Crippen LogP contribution in [0.4, 0.5) is 0 Å². The lowest BCUT2D eigenvalue weighted by Crippen LogP contribution is -2.26. The van der Waals surface area contributed by atoms with Crippen molar-refractivity contribution in [3.05, 3.63) is 271 Å². The van der Waals surface area contributed by atoms with Gasteiger partial charge in [0.05, 0.1) is 16.4 Å². The van der Waals surface area contributed by atoms with Crippen LogP contribution in [0, 0.1) is 0 Å². The van der Waals surface area contributed by atoms with E-state index in [1.165, 1.54) is 44.5 Å². The molecule has 1 spiro atoms. The minimum atomic E-state index is -0.663. The van der Waals surface area contributed by atoms with Crippen molar-refractivity contribution in [1.82, 2.24) is 24.5 Å². The lowest BCUT2D eigenvalue weighted by atomic mass is 9.70. The summed E-state index contributed by atoms with van der Waals surface area (Å²) in [6.07, 6.45) is 0. The summed E-state index contributed by atoms with van der Waals surface area (Å²) in [6.45, 7) is 0. The number of imidazole rings is 1. The third kappa shape index (κ3) is 6.03. The molecule has 0 radical (unpaired) electrons. The van der Waals surface area contributed by atoms with Crippen LogP contribution >= 0.6 is 0 Å². The number of nitrogens with zero attached hydrogens (tertiary/aromatic N) is 5. The number of benzene rings is 11. The van der Waals surface area contributed by atoms with E-state index >= 15 is 0 Å². The number of rotatable bonds is 6. The monoisotopic (exact) mass is 995 g/mol. The third-order valence-electron chi connectivity index (χ3n) is 16.3. The van der Waals surface area contributed by atoms with Crippen molar-refractivity contribution in [1.29, 1.82) is 0 Å². The average molecular weight is 996 g/mol. The number of aromatic nitrogens is 5. The maximum atomic E-state index is 6.44. The predicted molar refractivity (Wildman–Crippen MR) is 312 cm³/mol. The number of furan rings is 2. The van der Waals surface area contributed by atoms with E-state index < -0.39 is 5.41 Å². The maximum Gasteiger partial charge on any atom is 0.164 e. The highest BCUT2D eigenvalue weighted by molar-refractivity contribution is 6.13. The summed E-state index contributed by atoms with van der Waals surface area (Å²) in [5.41, 5.74) is 21.2. The molecule has 7 nitrogen and oxygen atoms in total. The summed E-state index contributed by atoms with van der Waals surface area (Å²) in [6, 6.07) is 88.1. The molecular formula is C71H41N5O2. The molecule has 0 amide bonds. The fraction of sp³-hybridized carbons (Fsp3) is 0.0141. The molecule has 0 saturated heterocycles. The molecule has 4 aromatic heterocycles. The maximum absolute atomic E-state index is 6.44. The largest absolute Gasteiger partial charge is 0.456 e. The fourth-order valence-corrected chi connectivity index (χ4v) is 13.0. The van der Waals surface area contributed by atoms with Gasteiger partial charge in [0.1, 0.15) is 28.2 Å². The molecule has 11 aromatic carbocycles. The first-order valence-electron chi connectivity index (χ1n) is 26.4. The molecule has 0 atom stereocenters. The molecule has 0 saturated carbocycles. The van der Waals surface area contributed by atoms with Crippen LogP contribution in [0.5, 0.6) is 0 Å². The van der Waals surface area contributed by atoms with Gasteiger partial charge >= 0.3 is 0 Å². The first-order chi connectivity index (χ1) is 38.7. The van der Waals surface area contributed by atoms with Crippen LogP contribution in [0.3, 0.4) is 0 Å². The highest BCUT2D eigenvalue weighted by Gasteiger charge is 2.52. The van der Waals surface area contributed by atoms with E-state index in [2.05, 4.69) is 193 Å². The van der Waals surface area contributed by atoms with Crippen LogP contribution < -0.4 is 0 Å². The Bertz CT molecular complexity index is 4830. The van der Waals surface area contributed by atoms with Gasteiger partial charge < -0.3 is 8.83 Å². The van der Waals surface area contributed by atoms with E-state index in [1.807, 2.05) is 60.7 Å². The smallest absolute Gasteiger partial charge is 0.164 e.